The summed E-state index contributed by atoms with van der Waals surface area (Å²) >= 11 is 0. The number of aliphatic carboxylic acids is 1. The molecule has 1 atom stereocenters. The second-order valence-electron chi connectivity index (χ2n) is 5.44. The number of ether oxygens (including phenoxy) is 1. The van der Waals surface area contributed by atoms with Crippen LogP contribution in [-0.2, 0) is 16.6 Å². The Morgan fingerprint density at radius 1 is 1.14 bits per heavy atom. The van der Waals surface area contributed by atoms with Crippen LogP contribution in [0.25, 0.3) is 0 Å². The molecule has 0 amide bonds. The molecule has 0 saturated heterocycles. The SMILES string of the molecule is COc1ccccc1CC(C)(C(=O)O)c1ccccc1C. The lowest BCUT2D eigenvalue weighted by Crippen LogP contribution is -2.35. The minimum Gasteiger partial charge on any atom is -0.496 e. The molecule has 0 heterocycles. The Bertz CT molecular complexity index is 648. The number of benzene rings is 2. The molecule has 0 aliphatic heterocycles. The fourth-order valence-corrected chi connectivity index (χ4v) is 2.71. The smallest absolute Gasteiger partial charge is 0.314 e. The summed E-state index contributed by atoms with van der Waals surface area (Å²) in [5.41, 5.74) is 1.73. The molecule has 2 aromatic carbocycles. The van der Waals surface area contributed by atoms with Crippen LogP contribution in [0.3, 0.4) is 0 Å². The van der Waals surface area contributed by atoms with E-state index in [-0.39, 0.29) is 0 Å². The standard InChI is InChI=1S/C18H20O3/c1-13-8-4-6-10-15(13)18(2,17(19)20)12-14-9-5-7-11-16(14)21-3/h4-11H,12H2,1-3H3,(H,19,20). The Labute approximate surface area is 125 Å². The van der Waals surface area contributed by atoms with E-state index in [2.05, 4.69) is 0 Å². The van der Waals surface area contributed by atoms with Crippen molar-refractivity contribution in [1.29, 1.82) is 0 Å². The van der Waals surface area contributed by atoms with Gasteiger partial charge in [-0.15, -0.1) is 0 Å². The molecular formula is C18H20O3. The molecule has 3 heteroatoms. The molecule has 0 fully saturated rings. The second-order valence-corrected chi connectivity index (χ2v) is 5.44. The van der Waals surface area contributed by atoms with E-state index in [0.717, 1.165) is 22.4 Å². The molecule has 0 spiro atoms. The average Bonchev–Trinajstić information content (AvgIpc) is 2.48. The summed E-state index contributed by atoms with van der Waals surface area (Å²) in [7, 11) is 1.60. The maximum atomic E-state index is 11.9. The third-order valence-electron chi connectivity index (χ3n) is 3.95. The molecule has 3 nitrogen and oxygen atoms in total. The molecule has 21 heavy (non-hydrogen) atoms. The predicted octanol–water partition coefficient (Wildman–Crippen LogP) is 3.59. The zero-order chi connectivity index (χ0) is 15.5. The number of carbonyl (C=O) groups is 1. The van der Waals surface area contributed by atoms with E-state index in [1.54, 1.807) is 14.0 Å². The molecule has 0 radical (unpaired) electrons. The van der Waals surface area contributed by atoms with Gasteiger partial charge in [0, 0.05) is 0 Å². The van der Waals surface area contributed by atoms with E-state index in [1.165, 1.54) is 0 Å². The molecule has 1 N–H and O–H groups in total. The third kappa shape index (κ3) is 2.92. The van der Waals surface area contributed by atoms with Gasteiger partial charge in [0.1, 0.15) is 5.75 Å². The monoisotopic (exact) mass is 284 g/mol. The minimum atomic E-state index is -0.986. The second kappa shape index (κ2) is 6.00. The molecule has 0 saturated carbocycles. The van der Waals surface area contributed by atoms with Crippen molar-refractivity contribution in [3.8, 4) is 5.75 Å². The number of hydrogen-bond acceptors (Lipinski definition) is 2. The molecule has 2 aromatic rings. The first-order chi connectivity index (χ1) is 9.99. The van der Waals surface area contributed by atoms with E-state index >= 15 is 0 Å². The maximum Gasteiger partial charge on any atom is 0.314 e. The predicted molar refractivity (Wildman–Crippen MR) is 82.9 cm³/mol. The fraction of sp³-hybridized carbons (Fsp3) is 0.278. The minimum absolute atomic E-state index is 0.386. The van der Waals surface area contributed by atoms with Gasteiger partial charge in [-0.05, 0) is 43.0 Å². The van der Waals surface area contributed by atoms with Gasteiger partial charge in [-0.2, -0.15) is 0 Å². The first-order valence-electron chi connectivity index (χ1n) is 6.90. The lowest BCUT2D eigenvalue weighted by Gasteiger charge is -2.28. The highest BCUT2D eigenvalue weighted by molar-refractivity contribution is 5.82. The van der Waals surface area contributed by atoms with Crippen molar-refractivity contribution < 1.29 is 14.6 Å². The number of para-hydroxylation sites is 1. The summed E-state index contributed by atoms with van der Waals surface area (Å²) in [4.78, 5) is 11.9. The van der Waals surface area contributed by atoms with Crippen molar-refractivity contribution in [2.45, 2.75) is 25.7 Å². The number of carboxylic acid groups (broad SMARTS) is 1. The summed E-state index contributed by atoms with van der Waals surface area (Å²) in [5, 5.41) is 9.79. The Hall–Kier alpha value is -2.29. The van der Waals surface area contributed by atoms with E-state index in [4.69, 9.17) is 4.74 Å². The van der Waals surface area contributed by atoms with Crippen LogP contribution >= 0.6 is 0 Å². The molecule has 0 aliphatic carbocycles. The number of carboxylic acids is 1. The van der Waals surface area contributed by atoms with Crippen LogP contribution < -0.4 is 4.74 Å². The summed E-state index contributed by atoms with van der Waals surface area (Å²) in [6.45, 7) is 3.71. The van der Waals surface area contributed by atoms with E-state index in [1.807, 2.05) is 55.5 Å². The van der Waals surface area contributed by atoms with Crippen LogP contribution in [0.4, 0.5) is 0 Å². The lowest BCUT2D eigenvalue weighted by molar-refractivity contribution is -0.143. The van der Waals surface area contributed by atoms with Crippen LogP contribution in [-0.4, -0.2) is 18.2 Å². The van der Waals surface area contributed by atoms with Crippen molar-refractivity contribution in [2.75, 3.05) is 7.11 Å². The Kier molecular flexibility index (Phi) is 4.32. The quantitative estimate of drug-likeness (QED) is 0.912. The first kappa shape index (κ1) is 15.1. The number of hydrogen-bond donors (Lipinski definition) is 1. The number of methoxy groups -OCH3 is 1. The van der Waals surface area contributed by atoms with Gasteiger partial charge in [-0.25, -0.2) is 0 Å². The van der Waals surface area contributed by atoms with Crippen LogP contribution in [0.1, 0.15) is 23.6 Å². The van der Waals surface area contributed by atoms with Gasteiger partial charge in [0.15, 0.2) is 0 Å². The van der Waals surface area contributed by atoms with Crippen LogP contribution in [0.2, 0.25) is 0 Å². The Morgan fingerprint density at radius 2 is 1.76 bits per heavy atom. The summed E-state index contributed by atoms with van der Waals surface area (Å²) in [6, 6.07) is 15.2. The van der Waals surface area contributed by atoms with Crippen molar-refractivity contribution in [3.05, 3.63) is 65.2 Å². The fourth-order valence-electron chi connectivity index (χ4n) is 2.71. The van der Waals surface area contributed by atoms with Gasteiger partial charge >= 0.3 is 5.97 Å². The molecule has 0 aliphatic rings. The van der Waals surface area contributed by atoms with Crippen molar-refractivity contribution >= 4 is 5.97 Å². The Balaban J connectivity index is 2.49. The number of aryl methyl sites for hydroxylation is 1. The van der Waals surface area contributed by atoms with Gasteiger partial charge < -0.3 is 9.84 Å². The van der Waals surface area contributed by atoms with Gasteiger partial charge in [0.05, 0.1) is 12.5 Å². The third-order valence-corrected chi connectivity index (χ3v) is 3.95. The normalized spacial score (nSPS) is 13.5. The number of rotatable bonds is 5. The maximum absolute atomic E-state index is 11.9. The van der Waals surface area contributed by atoms with Gasteiger partial charge in [-0.1, -0.05) is 42.5 Å². The average molecular weight is 284 g/mol. The highest BCUT2D eigenvalue weighted by Crippen LogP contribution is 2.33. The summed E-state index contributed by atoms with van der Waals surface area (Å²) in [5.74, 6) is -0.110. The van der Waals surface area contributed by atoms with Crippen molar-refractivity contribution in [3.63, 3.8) is 0 Å². The van der Waals surface area contributed by atoms with Crippen LogP contribution in [0, 0.1) is 6.92 Å². The van der Waals surface area contributed by atoms with Gasteiger partial charge in [0.25, 0.3) is 0 Å². The topological polar surface area (TPSA) is 46.5 Å². The molecule has 2 rings (SSSR count). The van der Waals surface area contributed by atoms with Crippen LogP contribution in [0.15, 0.2) is 48.5 Å². The Morgan fingerprint density at radius 3 is 2.38 bits per heavy atom. The summed E-state index contributed by atoms with van der Waals surface area (Å²) < 4.78 is 5.34. The van der Waals surface area contributed by atoms with E-state index < -0.39 is 11.4 Å². The zero-order valence-corrected chi connectivity index (χ0v) is 12.6. The van der Waals surface area contributed by atoms with E-state index in [9.17, 15) is 9.90 Å². The lowest BCUT2D eigenvalue weighted by atomic mass is 9.75. The van der Waals surface area contributed by atoms with Crippen LogP contribution in [0.5, 0.6) is 5.75 Å². The van der Waals surface area contributed by atoms with Crippen molar-refractivity contribution in [1.82, 2.24) is 0 Å². The molecule has 0 bridgehead atoms. The van der Waals surface area contributed by atoms with Crippen molar-refractivity contribution in [2.24, 2.45) is 0 Å². The zero-order valence-electron chi connectivity index (χ0n) is 12.6. The molecule has 110 valence electrons. The molecular weight excluding hydrogens is 264 g/mol. The van der Waals surface area contributed by atoms with E-state index in [0.29, 0.717) is 6.42 Å². The highest BCUT2D eigenvalue weighted by atomic mass is 16.5. The largest absolute Gasteiger partial charge is 0.496 e. The molecule has 0 aromatic heterocycles. The van der Waals surface area contributed by atoms with Gasteiger partial charge in [-0.3, -0.25) is 4.79 Å². The molecule has 1 unspecified atom stereocenters. The highest BCUT2D eigenvalue weighted by Gasteiger charge is 2.37. The first-order valence-corrected chi connectivity index (χ1v) is 6.90. The summed E-state index contributed by atoms with van der Waals surface area (Å²) in [6.07, 6.45) is 0.386. The van der Waals surface area contributed by atoms with Gasteiger partial charge in [0.2, 0.25) is 0 Å².